The van der Waals surface area contributed by atoms with Crippen LogP contribution in [-0.2, 0) is 0 Å². The quantitative estimate of drug-likeness (QED) is 0.844. The van der Waals surface area contributed by atoms with E-state index in [1.54, 1.807) is 17.0 Å². The van der Waals surface area contributed by atoms with Gasteiger partial charge in [-0.1, -0.05) is 0 Å². The van der Waals surface area contributed by atoms with Crippen LogP contribution in [0.15, 0.2) is 24.3 Å². The van der Waals surface area contributed by atoms with Crippen molar-refractivity contribution < 1.29 is 14.7 Å². The lowest BCUT2D eigenvalue weighted by molar-refractivity contribution is 0.0697. The minimum absolute atomic E-state index is 0.113. The Labute approximate surface area is 105 Å². The van der Waals surface area contributed by atoms with E-state index in [2.05, 4.69) is 5.32 Å². The van der Waals surface area contributed by atoms with Crippen LogP contribution in [0, 0.1) is 0 Å². The van der Waals surface area contributed by atoms with Gasteiger partial charge in [0, 0.05) is 18.8 Å². The second-order valence-corrected chi connectivity index (χ2v) is 4.36. The molecule has 5 heteroatoms. The summed E-state index contributed by atoms with van der Waals surface area (Å²) < 4.78 is 0. The third-order valence-electron chi connectivity index (χ3n) is 3.03. The number of carboxylic acids is 1. The van der Waals surface area contributed by atoms with Crippen molar-refractivity contribution in [3.05, 3.63) is 29.8 Å². The third kappa shape index (κ3) is 3.00. The number of amides is 2. The average molecular weight is 248 g/mol. The summed E-state index contributed by atoms with van der Waals surface area (Å²) in [7, 11) is 0. The Bertz CT molecular complexity index is 436. The second kappa shape index (κ2) is 5.53. The zero-order valence-corrected chi connectivity index (χ0v) is 10.1. The fourth-order valence-corrected chi connectivity index (χ4v) is 2.00. The molecule has 0 bridgehead atoms. The first kappa shape index (κ1) is 12.4. The minimum Gasteiger partial charge on any atom is -0.478 e. The molecule has 96 valence electrons. The summed E-state index contributed by atoms with van der Waals surface area (Å²) in [6.07, 6.45) is 3.27. The maximum Gasteiger partial charge on any atom is 0.335 e. The number of hydrogen-bond acceptors (Lipinski definition) is 2. The maximum atomic E-state index is 11.9. The highest BCUT2D eigenvalue weighted by molar-refractivity contribution is 5.91. The van der Waals surface area contributed by atoms with Gasteiger partial charge in [-0.25, -0.2) is 9.59 Å². The van der Waals surface area contributed by atoms with Crippen molar-refractivity contribution in [2.75, 3.05) is 18.4 Å². The fraction of sp³-hybridized carbons (Fsp3) is 0.385. The molecule has 1 fully saturated rings. The van der Waals surface area contributed by atoms with Gasteiger partial charge in [-0.15, -0.1) is 0 Å². The number of hydrogen-bond donors (Lipinski definition) is 2. The lowest BCUT2D eigenvalue weighted by Crippen LogP contribution is -2.38. The SMILES string of the molecule is O=C(O)c1ccc(NC(=O)N2CCCCC2)cc1. The van der Waals surface area contributed by atoms with E-state index in [-0.39, 0.29) is 11.6 Å². The molecule has 18 heavy (non-hydrogen) atoms. The Kier molecular flexibility index (Phi) is 3.82. The first-order valence-corrected chi connectivity index (χ1v) is 6.06. The predicted molar refractivity (Wildman–Crippen MR) is 67.8 cm³/mol. The van der Waals surface area contributed by atoms with Gasteiger partial charge in [-0.3, -0.25) is 0 Å². The van der Waals surface area contributed by atoms with Crippen LogP contribution in [0.4, 0.5) is 10.5 Å². The highest BCUT2D eigenvalue weighted by Crippen LogP contribution is 2.13. The van der Waals surface area contributed by atoms with E-state index < -0.39 is 5.97 Å². The number of nitrogens with zero attached hydrogens (tertiary/aromatic N) is 1. The Morgan fingerprint density at radius 3 is 2.22 bits per heavy atom. The van der Waals surface area contributed by atoms with Crippen molar-refractivity contribution >= 4 is 17.7 Å². The first-order valence-electron chi connectivity index (χ1n) is 6.06. The average Bonchev–Trinajstić information content (AvgIpc) is 2.40. The topological polar surface area (TPSA) is 69.6 Å². The number of nitrogens with one attached hydrogen (secondary N) is 1. The van der Waals surface area contributed by atoms with Crippen molar-refractivity contribution in [1.82, 2.24) is 4.90 Å². The van der Waals surface area contributed by atoms with E-state index in [1.165, 1.54) is 18.6 Å². The van der Waals surface area contributed by atoms with Crippen molar-refractivity contribution in [3.8, 4) is 0 Å². The molecular weight excluding hydrogens is 232 g/mol. The van der Waals surface area contributed by atoms with Gasteiger partial charge in [0.1, 0.15) is 0 Å². The second-order valence-electron chi connectivity index (χ2n) is 4.36. The minimum atomic E-state index is -0.969. The van der Waals surface area contributed by atoms with Crippen LogP contribution in [0.3, 0.4) is 0 Å². The molecule has 1 saturated heterocycles. The molecule has 0 atom stereocenters. The highest BCUT2D eigenvalue weighted by Gasteiger charge is 2.16. The number of piperidine rings is 1. The van der Waals surface area contributed by atoms with Gasteiger partial charge < -0.3 is 15.3 Å². The molecule has 0 aromatic heterocycles. The zero-order chi connectivity index (χ0) is 13.0. The van der Waals surface area contributed by atoms with Crippen molar-refractivity contribution in [3.63, 3.8) is 0 Å². The lowest BCUT2D eigenvalue weighted by Gasteiger charge is -2.26. The first-order chi connectivity index (χ1) is 8.66. The number of carbonyl (C=O) groups is 2. The number of rotatable bonds is 2. The van der Waals surface area contributed by atoms with Crippen LogP contribution in [0.5, 0.6) is 0 Å². The number of carbonyl (C=O) groups excluding carboxylic acids is 1. The summed E-state index contributed by atoms with van der Waals surface area (Å²) in [5.74, 6) is -0.969. The Morgan fingerprint density at radius 1 is 1.06 bits per heavy atom. The summed E-state index contributed by atoms with van der Waals surface area (Å²) >= 11 is 0. The van der Waals surface area contributed by atoms with E-state index in [1.807, 2.05) is 0 Å². The number of urea groups is 1. The number of anilines is 1. The summed E-state index contributed by atoms with van der Waals surface area (Å²) in [6, 6.07) is 6.05. The van der Waals surface area contributed by atoms with E-state index in [0.29, 0.717) is 5.69 Å². The molecule has 0 aliphatic carbocycles. The molecule has 1 aliphatic heterocycles. The predicted octanol–water partition coefficient (Wildman–Crippen LogP) is 2.40. The molecule has 1 aromatic carbocycles. The van der Waals surface area contributed by atoms with E-state index in [4.69, 9.17) is 5.11 Å². The van der Waals surface area contributed by atoms with Gasteiger partial charge in [-0.2, -0.15) is 0 Å². The maximum absolute atomic E-state index is 11.9. The van der Waals surface area contributed by atoms with Crippen molar-refractivity contribution in [2.45, 2.75) is 19.3 Å². The van der Waals surface area contributed by atoms with E-state index >= 15 is 0 Å². The molecule has 0 saturated carbocycles. The summed E-state index contributed by atoms with van der Waals surface area (Å²) in [5, 5.41) is 11.5. The van der Waals surface area contributed by atoms with Crippen LogP contribution in [0.25, 0.3) is 0 Å². The Morgan fingerprint density at radius 2 is 1.67 bits per heavy atom. The number of benzene rings is 1. The van der Waals surface area contributed by atoms with Crippen LogP contribution >= 0.6 is 0 Å². The van der Waals surface area contributed by atoms with Crippen LogP contribution in [-0.4, -0.2) is 35.1 Å². The summed E-state index contributed by atoms with van der Waals surface area (Å²) in [5.41, 5.74) is 0.835. The summed E-state index contributed by atoms with van der Waals surface area (Å²) in [4.78, 5) is 24.4. The molecule has 2 rings (SSSR count). The van der Waals surface area contributed by atoms with Gasteiger partial charge in [0.2, 0.25) is 0 Å². The van der Waals surface area contributed by atoms with Gasteiger partial charge in [0.15, 0.2) is 0 Å². The van der Waals surface area contributed by atoms with Crippen LogP contribution in [0.1, 0.15) is 29.6 Å². The molecule has 2 N–H and O–H groups in total. The molecule has 2 amide bonds. The van der Waals surface area contributed by atoms with Crippen LogP contribution < -0.4 is 5.32 Å². The molecule has 1 aromatic rings. The van der Waals surface area contributed by atoms with Crippen molar-refractivity contribution in [1.29, 1.82) is 0 Å². The molecule has 0 unspecified atom stereocenters. The Balaban J connectivity index is 1.96. The smallest absolute Gasteiger partial charge is 0.335 e. The normalized spacial score (nSPS) is 15.2. The van der Waals surface area contributed by atoms with E-state index in [9.17, 15) is 9.59 Å². The molecule has 1 heterocycles. The molecule has 0 radical (unpaired) electrons. The van der Waals surface area contributed by atoms with Crippen molar-refractivity contribution in [2.24, 2.45) is 0 Å². The standard InChI is InChI=1S/C13H16N2O3/c16-12(17)10-4-6-11(7-5-10)14-13(18)15-8-2-1-3-9-15/h4-7H,1-3,8-9H2,(H,14,18)(H,16,17). The lowest BCUT2D eigenvalue weighted by atomic mass is 10.1. The number of likely N-dealkylation sites (tertiary alicyclic amines) is 1. The fourth-order valence-electron chi connectivity index (χ4n) is 2.00. The molecular formula is C13H16N2O3. The molecule has 0 spiro atoms. The monoisotopic (exact) mass is 248 g/mol. The van der Waals surface area contributed by atoms with Gasteiger partial charge in [0.25, 0.3) is 0 Å². The van der Waals surface area contributed by atoms with E-state index in [0.717, 1.165) is 25.9 Å². The summed E-state index contributed by atoms with van der Waals surface area (Å²) in [6.45, 7) is 1.58. The number of aromatic carboxylic acids is 1. The number of carboxylic acid groups (broad SMARTS) is 1. The highest BCUT2D eigenvalue weighted by atomic mass is 16.4. The largest absolute Gasteiger partial charge is 0.478 e. The Hall–Kier alpha value is -2.04. The van der Waals surface area contributed by atoms with Gasteiger partial charge >= 0.3 is 12.0 Å². The van der Waals surface area contributed by atoms with Gasteiger partial charge in [-0.05, 0) is 43.5 Å². The zero-order valence-electron chi connectivity index (χ0n) is 10.1. The molecule has 1 aliphatic rings. The van der Waals surface area contributed by atoms with Crippen LogP contribution in [0.2, 0.25) is 0 Å². The third-order valence-corrected chi connectivity index (χ3v) is 3.03. The van der Waals surface area contributed by atoms with Gasteiger partial charge in [0.05, 0.1) is 5.56 Å². The molecule has 5 nitrogen and oxygen atoms in total.